The molecule has 0 saturated heterocycles. The number of halogens is 1. The first-order valence-corrected chi connectivity index (χ1v) is 8.20. The lowest BCUT2D eigenvalue weighted by Gasteiger charge is -2.36. The highest BCUT2D eigenvalue weighted by Crippen LogP contribution is 2.30. The van der Waals surface area contributed by atoms with Crippen LogP contribution in [0.2, 0.25) is 0 Å². The van der Waals surface area contributed by atoms with Crippen molar-refractivity contribution >= 4 is 11.6 Å². The number of nitrogens with zero attached hydrogens (tertiary/aromatic N) is 4. The lowest BCUT2D eigenvalue weighted by Crippen LogP contribution is -2.42. The standard InChI is InChI=1S/C18H19FN4O/c1-3-13-14-5-4-8-21(14)9-10-22(13)18(24)16-17(19)23-11-12(2)6-7-15(23)20-16/h4-8,11,13H,3,9-10H2,1-2H3/t13-/m0/s1. The Morgan fingerprint density at radius 3 is 2.96 bits per heavy atom. The molecule has 1 amide bonds. The van der Waals surface area contributed by atoms with Crippen molar-refractivity contribution in [3.8, 4) is 0 Å². The number of aromatic nitrogens is 3. The zero-order valence-corrected chi connectivity index (χ0v) is 13.7. The maximum atomic E-state index is 14.7. The summed E-state index contributed by atoms with van der Waals surface area (Å²) in [6, 6.07) is 7.55. The Bertz CT molecular complexity index is 926. The van der Waals surface area contributed by atoms with Crippen molar-refractivity contribution in [3.63, 3.8) is 0 Å². The van der Waals surface area contributed by atoms with E-state index >= 15 is 0 Å². The zero-order chi connectivity index (χ0) is 16.8. The van der Waals surface area contributed by atoms with Crippen LogP contribution < -0.4 is 0 Å². The van der Waals surface area contributed by atoms with Gasteiger partial charge in [0.2, 0.25) is 5.95 Å². The topological polar surface area (TPSA) is 42.5 Å². The number of hydrogen-bond acceptors (Lipinski definition) is 2. The van der Waals surface area contributed by atoms with E-state index in [9.17, 15) is 9.18 Å². The molecule has 0 bridgehead atoms. The predicted octanol–water partition coefficient (Wildman–Crippen LogP) is 3.19. The van der Waals surface area contributed by atoms with Crippen LogP contribution in [0.5, 0.6) is 0 Å². The molecule has 0 spiro atoms. The van der Waals surface area contributed by atoms with Crippen LogP contribution in [0, 0.1) is 12.9 Å². The maximum absolute atomic E-state index is 14.7. The van der Waals surface area contributed by atoms with E-state index in [0.717, 1.165) is 24.2 Å². The zero-order valence-electron chi connectivity index (χ0n) is 13.7. The van der Waals surface area contributed by atoms with Gasteiger partial charge in [-0.1, -0.05) is 13.0 Å². The van der Waals surface area contributed by atoms with Gasteiger partial charge in [-0.05, 0) is 37.1 Å². The Balaban J connectivity index is 1.75. The fraction of sp³-hybridized carbons (Fsp3) is 0.333. The number of amides is 1. The molecule has 0 radical (unpaired) electrons. The molecule has 3 aromatic heterocycles. The van der Waals surface area contributed by atoms with Crippen molar-refractivity contribution in [1.82, 2.24) is 18.9 Å². The van der Waals surface area contributed by atoms with E-state index in [2.05, 4.69) is 9.55 Å². The molecular formula is C18H19FN4O. The second-order valence-corrected chi connectivity index (χ2v) is 6.23. The van der Waals surface area contributed by atoms with Gasteiger partial charge in [0.1, 0.15) is 5.65 Å². The molecule has 124 valence electrons. The van der Waals surface area contributed by atoms with E-state index < -0.39 is 5.95 Å². The first-order chi connectivity index (χ1) is 11.6. The van der Waals surface area contributed by atoms with Crippen molar-refractivity contribution < 1.29 is 9.18 Å². The molecule has 3 aromatic rings. The van der Waals surface area contributed by atoms with Crippen molar-refractivity contribution in [1.29, 1.82) is 0 Å². The summed E-state index contributed by atoms with van der Waals surface area (Å²) in [5.41, 5.74) is 2.37. The van der Waals surface area contributed by atoms with Crippen LogP contribution >= 0.6 is 0 Å². The van der Waals surface area contributed by atoms with Crippen LogP contribution in [0.1, 0.15) is 41.1 Å². The Morgan fingerprint density at radius 2 is 2.17 bits per heavy atom. The Kier molecular flexibility index (Phi) is 3.40. The molecule has 0 aliphatic carbocycles. The second-order valence-electron chi connectivity index (χ2n) is 6.23. The van der Waals surface area contributed by atoms with Gasteiger partial charge in [0.25, 0.3) is 5.91 Å². The summed E-state index contributed by atoms with van der Waals surface area (Å²) in [4.78, 5) is 19.0. The minimum Gasteiger partial charge on any atom is -0.348 e. The first-order valence-electron chi connectivity index (χ1n) is 8.20. The lowest BCUT2D eigenvalue weighted by atomic mass is 10.1. The van der Waals surface area contributed by atoms with Crippen LogP contribution in [-0.4, -0.2) is 31.3 Å². The van der Waals surface area contributed by atoms with Crippen molar-refractivity contribution in [3.05, 3.63) is 59.6 Å². The van der Waals surface area contributed by atoms with E-state index in [1.54, 1.807) is 17.2 Å². The summed E-state index contributed by atoms with van der Waals surface area (Å²) in [6.07, 6.45) is 4.46. The molecule has 4 rings (SSSR count). The fourth-order valence-electron chi connectivity index (χ4n) is 3.53. The van der Waals surface area contributed by atoms with Gasteiger partial charge in [0, 0.05) is 31.2 Å². The number of rotatable bonds is 2. The van der Waals surface area contributed by atoms with Gasteiger partial charge >= 0.3 is 0 Å². The summed E-state index contributed by atoms with van der Waals surface area (Å²) in [5, 5.41) is 0. The fourth-order valence-corrected chi connectivity index (χ4v) is 3.53. The molecule has 0 unspecified atom stereocenters. The van der Waals surface area contributed by atoms with E-state index in [0.29, 0.717) is 12.2 Å². The van der Waals surface area contributed by atoms with Gasteiger partial charge in [0.15, 0.2) is 5.69 Å². The number of carbonyl (C=O) groups is 1. The van der Waals surface area contributed by atoms with Gasteiger partial charge in [-0.25, -0.2) is 4.98 Å². The van der Waals surface area contributed by atoms with Crippen LogP contribution in [0.4, 0.5) is 4.39 Å². The van der Waals surface area contributed by atoms with E-state index in [1.807, 2.05) is 38.2 Å². The van der Waals surface area contributed by atoms with Crippen molar-refractivity contribution in [2.24, 2.45) is 0 Å². The Morgan fingerprint density at radius 1 is 1.33 bits per heavy atom. The van der Waals surface area contributed by atoms with Crippen LogP contribution in [0.15, 0.2) is 36.7 Å². The van der Waals surface area contributed by atoms with Gasteiger partial charge in [0.05, 0.1) is 6.04 Å². The van der Waals surface area contributed by atoms with Crippen LogP contribution in [-0.2, 0) is 6.54 Å². The minimum absolute atomic E-state index is 0.0489. The molecule has 0 saturated carbocycles. The van der Waals surface area contributed by atoms with Crippen molar-refractivity contribution in [2.75, 3.05) is 6.54 Å². The molecule has 5 nitrogen and oxygen atoms in total. The molecule has 4 heterocycles. The lowest BCUT2D eigenvalue weighted by molar-refractivity contribution is 0.0607. The smallest absolute Gasteiger partial charge is 0.277 e. The number of pyridine rings is 1. The number of fused-ring (bicyclic) bond motifs is 2. The summed E-state index contributed by atoms with van der Waals surface area (Å²) < 4.78 is 18.2. The summed E-state index contributed by atoms with van der Waals surface area (Å²) >= 11 is 0. The first kappa shape index (κ1) is 14.9. The minimum atomic E-state index is -0.588. The van der Waals surface area contributed by atoms with E-state index in [1.165, 1.54) is 4.40 Å². The van der Waals surface area contributed by atoms with Gasteiger partial charge < -0.3 is 9.47 Å². The third-order valence-corrected chi connectivity index (χ3v) is 4.72. The van der Waals surface area contributed by atoms with Crippen molar-refractivity contribution in [2.45, 2.75) is 32.9 Å². The SMILES string of the molecule is CC[C@H]1c2cccn2CCN1C(=O)c1nc2ccc(C)cn2c1F. The molecule has 0 N–H and O–H groups in total. The predicted molar refractivity (Wildman–Crippen MR) is 88.4 cm³/mol. The number of imidazole rings is 1. The van der Waals surface area contributed by atoms with E-state index in [-0.39, 0.29) is 17.6 Å². The average Bonchev–Trinajstić information content (AvgIpc) is 3.18. The van der Waals surface area contributed by atoms with Gasteiger partial charge in [-0.3, -0.25) is 9.20 Å². The van der Waals surface area contributed by atoms with Gasteiger partial charge in [-0.2, -0.15) is 4.39 Å². The molecule has 6 heteroatoms. The summed E-state index contributed by atoms with van der Waals surface area (Å²) in [6.45, 7) is 5.20. The molecule has 0 aromatic carbocycles. The average molecular weight is 326 g/mol. The molecule has 0 fully saturated rings. The number of aryl methyl sites for hydroxylation is 1. The summed E-state index contributed by atoms with van der Waals surface area (Å²) in [7, 11) is 0. The molecule has 1 atom stereocenters. The van der Waals surface area contributed by atoms with Crippen LogP contribution in [0.25, 0.3) is 5.65 Å². The second kappa shape index (κ2) is 5.47. The number of carbonyl (C=O) groups excluding carboxylic acids is 1. The summed E-state index contributed by atoms with van der Waals surface area (Å²) in [5.74, 6) is -0.928. The Labute approximate surface area is 139 Å². The largest absolute Gasteiger partial charge is 0.348 e. The van der Waals surface area contributed by atoms with E-state index in [4.69, 9.17) is 0 Å². The Hall–Kier alpha value is -2.63. The van der Waals surface area contributed by atoms with Gasteiger partial charge in [-0.15, -0.1) is 0 Å². The highest BCUT2D eigenvalue weighted by atomic mass is 19.1. The number of hydrogen-bond donors (Lipinski definition) is 0. The molecule has 24 heavy (non-hydrogen) atoms. The highest BCUT2D eigenvalue weighted by Gasteiger charge is 2.33. The highest BCUT2D eigenvalue weighted by molar-refractivity contribution is 5.93. The quantitative estimate of drug-likeness (QED) is 0.726. The third-order valence-electron chi connectivity index (χ3n) is 4.72. The molecule has 1 aliphatic rings. The monoisotopic (exact) mass is 326 g/mol. The molecule has 1 aliphatic heterocycles. The van der Waals surface area contributed by atoms with Crippen LogP contribution in [0.3, 0.4) is 0 Å². The third kappa shape index (κ3) is 2.13. The normalized spacial score (nSPS) is 17.3. The molecular weight excluding hydrogens is 307 g/mol. The maximum Gasteiger partial charge on any atom is 0.277 e.